The maximum Gasteiger partial charge on any atom is 0.444 e. The van der Waals surface area contributed by atoms with Crippen LogP contribution in [0, 0.1) is 20.2 Å². The molecule has 0 fully saturated rings. The van der Waals surface area contributed by atoms with Gasteiger partial charge in [-0.05, 0) is 9.91 Å². The number of nitrogens with zero attached hydrogens (tertiary/aromatic N) is 5. The van der Waals surface area contributed by atoms with E-state index >= 15 is 0 Å². The number of halogens is 1. The lowest BCUT2D eigenvalue weighted by Gasteiger charge is -2.04. The monoisotopic (exact) mass is 348 g/mol. The van der Waals surface area contributed by atoms with Crippen LogP contribution in [0.5, 0.6) is 0 Å². The van der Waals surface area contributed by atoms with Gasteiger partial charge in [0.2, 0.25) is 10.0 Å². The van der Waals surface area contributed by atoms with Crippen LogP contribution < -0.4 is 4.72 Å². The van der Waals surface area contributed by atoms with Gasteiger partial charge in [-0.1, -0.05) is 11.6 Å². The van der Waals surface area contributed by atoms with Crippen molar-refractivity contribution in [2.45, 2.75) is 0 Å². The maximum absolute atomic E-state index is 11.2. The Hall–Kier alpha value is -2.67. The van der Waals surface area contributed by atoms with E-state index in [0.29, 0.717) is 0 Å². The Bertz CT molecular complexity index is 915. The lowest BCUT2D eigenvalue weighted by atomic mass is 10.3. The maximum atomic E-state index is 11.2. The van der Waals surface area contributed by atoms with Gasteiger partial charge in [-0.2, -0.15) is 4.98 Å². The summed E-state index contributed by atoms with van der Waals surface area (Å²) in [7, 11) is -3.72. The van der Waals surface area contributed by atoms with E-state index in [2.05, 4.69) is 15.0 Å². The molecule has 2 rings (SSSR count). The van der Waals surface area contributed by atoms with Crippen molar-refractivity contribution < 1.29 is 18.3 Å². The van der Waals surface area contributed by atoms with E-state index in [-0.39, 0.29) is 16.3 Å². The van der Waals surface area contributed by atoms with Gasteiger partial charge in [0.25, 0.3) is 5.65 Å². The summed E-state index contributed by atoms with van der Waals surface area (Å²) in [5.41, 5.74) is -1.44. The van der Waals surface area contributed by atoms with Crippen molar-refractivity contribution >= 4 is 50.1 Å². The number of hydrogen-bond acceptors (Lipinski definition) is 9. The number of fused-ring (bicyclic) bond motifs is 1. The van der Waals surface area contributed by atoms with Crippen molar-refractivity contribution in [2.24, 2.45) is 0 Å². The fraction of sp³-hybridized carbons (Fsp3) is 0.125. The summed E-state index contributed by atoms with van der Waals surface area (Å²) in [5, 5.41) is 21.2. The molecule has 0 spiro atoms. The third-order valence-corrected chi connectivity index (χ3v) is 3.05. The molecule has 14 heteroatoms. The molecule has 0 atom stereocenters. The fourth-order valence-electron chi connectivity index (χ4n) is 1.46. The van der Waals surface area contributed by atoms with Crippen LogP contribution in [0.4, 0.5) is 17.3 Å². The highest BCUT2D eigenvalue weighted by Crippen LogP contribution is 2.29. The van der Waals surface area contributed by atoms with Crippen molar-refractivity contribution in [1.82, 2.24) is 15.0 Å². The van der Waals surface area contributed by atoms with Crippen molar-refractivity contribution in [2.75, 3.05) is 11.0 Å². The second kappa shape index (κ2) is 5.27. The number of pyridine rings is 1. The highest BCUT2D eigenvalue weighted by atomic mass is 35.5. The number of rotatable bonds is 4. The van der Waals surface area contributed by atoms with Crippen LogP contribution in [0.1, 0.15) is 0 Å². The zero-order chi connectivity index (χ0) is 16.7. The normalized spacial score (nSPS) is 11.4. The summed E-state index contributed by atoms with van der Waals surface area (Å²) in [4.78, 5) is 30.3. The number of aromatic nitrogens is 3. The molecule has 0 aromatic carbocycles. The van der Waals surface area contributed by atoms with Crippen molar-refractivity contribution in [3.63, 3.8) is 0 Å². The van der Waals surface area contributed by atoms with Crippen LogP contribution >= 0.6 is 11.6 Å². The largest absolute Gasteiger partial charge is 0.444 e. The third kappa shape index (κ3) is 3.15. The molecule has 2 aromatic heterocycles. The molecule has 1 N–H and O–H groups in total. The Morgan fingerprint density at radius 3 is 2.32 bits per heavy atom. The van der Waals surface area contributed by atoms with Gasteiger partial charge in [-0.3, -0.25) is 14.8 Å². The summed E-state index contributed by atoms with van der Waals surface area (Å²) in [6.45, 7) is 0. The summed E-state index contributed by atoms with van der Waals surface area (Å²) in [6, 6.07) is 0.781. The van der Waals surface area contributed by atoms with Crippen molar-refractivity contribution in [3.8, 4) is 0 Å². The molecular formula is C8H5ClN6O6S. The van der Waals surface area contributed by atoms with Crippen LogP contribution in [0.2, 0.25) is 5.15 Å². The smallest absolute Gasteiger partial charge is 0.358 e. The van der Waals surface area contributed by atoms with Gasteiger partial charge < -0.3 is 10.1 Å². The average Bonchev–Trinajstić information content (AvgIpc) is 2.36. The molecular weight excluding hydrogens is 344 g/mol. The Morgan fingerprint density at radius 2 is 1.82 bits per heavy atom. The molecule has 116 valence electrons. The predicted molar refractivity (Wildman–Crippen MR) is 74.1 cm³/mol. The first kappa shape index (κ1) is 15.7. The van der Waals surface area contributed by atoms with E-state index < -0.39 is 37.2 Å². The van der Waals surface area contributed by atoms with Gasteiger partial charge in [0.15, 0.2) is 11.0 Å². The summed E-state index contributed by atoms with van der Waals surface area (Å²) in [6.07, 6.45) is 0.834. The van der Waals surface area contributed by atoms with Crippen LogP contribution in [0.15, 0.2) is 6.07 Å². The molecule has 0 radical (unpaired) electrons. The standard InChI is InChI=1S/C8H5ClN6O6S/c1-22(20,21)13-7-5(9)10-3-2-4(14(16)17)8(15(18)19)12-6(3)11-7/h2H,1H3,(H,11,12,13). The molecule has 12 nitrogen and oxygen atoms in total. The minimum absolute atomic E-state index is 0.193. The molecule has 0 unspecified atom stereocenters. The van der Waals surface area contributed by atoms with Gasteiger partial charge in [0.05, 0.1) is 17.2 Å². The van der Waals surface area contributed by atoms with Crippen LogP contribution in [0.3, 0.4) is 0 Å². The first-order valence-electron chi connectivity index (χ1n) is 5.23. The summed E-state index contributed by atoms with van der Waals surface area (Å²) < 4.78 is 24.3. The number of nitro groups is 2. The van der Waals surface area contributed by atoms with E-state index in [9.17, 15) is 28.6 Å². The fourth-order valence-corrected chi connectivity index (χ4v) is 2.19. The second-order valence-electron chi connectivity index (χ2n) is 3.93. The molecule has 0 amide bonds. The first-order chi connectivity index (χ1) is 10.1. The molecule has 0 saturated heterocycles. The van der Waals surface area contributed by atoms with Crippen LogP contribution in [-0.2, 0) is 10.0 Å². The van der Waals surface area contributed by atoms with Gasteiger partial charge in [0, 0.05) is 0 Å². The molecule has 2 aromatic rings. The number of hydrogen-bond donors (Lipinski definition) is 1. The topological polar surface area (TPSA) is 171 Å². The second-order valence-corrected chi connectivity index (χ2v) is 6.03. The van der Waals surface area contributed by atoms with Gasteiger partial charge in [-0.25, -0.2) is 13.4 Å². The zero-order valence-corrected chi connectivity index (χ0v) is 12.1. The predicted octanol–water partition coefficient (Wildman–Crippen LogP) is 0.866. The molecule has 0 bridgehead atoms. The highest BCUT2D eigenvalue weighted by molar-refractivity contribution is 7.92. The number of anilines is 1. The Kier molecular flexibility index (Phi) is 3.76. The quantitative estimate of drug-likeness (QED) is 0.621. The van der Waals surface area contributed by atoms with E-state index in [4.69, 9.17) is 11.6 Å². The van der Waals surface area contributed by atoms with Gasteiger partial charge in [-0.15, -0.1) is 0 Å². The zero-order valence-electron chi connectivity index (χ0n) is 10.5. The van der Waals surface area contributed by atoms with Gasteiger partial charge in [0.1, 0.15) is 5.52 Å². The van der Waals surface area contributed by atoms with Crippen molar-refractivity contribution in [3.05, 3.63) is 31.4 Å². The Balaban J connectivity index is 2.74. The third-order valence-electron chi connectivity index (χ3n) is 2.23. The average molecular weight is 349 g/mol. The van der Waals surface area contributed by atoms with Crippen LogP contribution in [-0.4, -0.2) is 39.5 Å². The lowest BCUT2D eigenvalue weighted by Crippen LogP contribution is -2.12. The first-order valence-corrected chi connectivity index (χ1v) is 7.50. The minimum atomic E-state index is -3.72. The summed E-state index contributed by atoms with van der Waals surface area (Å²) >= 11 is 5.71. The molecule has 22 heavy (non-hydrogen) atoms. The molecule has 0 saturated carbocycles. The minimum Gasteiger partial charge on any atom is -0.358 e. The Labute approximate surface area is 126 Å². The van der Waals surface area contributed by atoms with Crippen molar-refractivity contribution in [1.29, 1.82) is 0 Å². The highest BCUT2D eigenvalue weighted by Gasteiger charge is 2.29. The Morgan fingerprint density at radius 1 is 1.18 bits per heavy atom. The van der Waals surface area contributed by atoms with E-state index in [1.165, 1.54) is 0 Å². The van der Waals surface area contributed by atoms with E-state index in [1.54, 1.807) is 0 Å². The molecule has 0 aliphatic rings. The molecule has 0 aliphatic carbocycles. The van der Waals surface area contributed by atoms with E-state index in [0.717, 1.165) is 12.3 Å². The van der Waals surface area contributed by atoms with Gasteiger partial charge >= 0.3 is 11.5 Å². The SMILES string of the molecule is CS(=O)(=O)Nc1nc2nc([N+](=O)[O-])c([N+](=O)[O-])cc2nc1Cl. The van der Waals surface area contributed by atoms with Crippen LogP contribution in [0.25, 0.3) is 11.2 Å². The molecule has 2 heterocycles. The number of nitrogens with one attached hydrogen (secondary N) is 1. The number of sulfonamides is 1. The van der Waals surface area contributed by atoms with E-state index in [1.807, 2.05) is 4.72 Å². The molecule has 0 aliphatic heterocycles. The summed E-state index contributed by atoms with van der Waals surface area (Å²) in [5.74, 6) is -1.44. The lowest BCUT2D eigenvalue weighted by molar-refractivity contribution is -0.425.